The Morgan fingerprint density at radius 1 is 1.33 bits per heavy atom. The molecule has 3 rings (SSSR count). The number of nitrogens with zero attached hydrogens (tertiary/aromatic N) is 5. The van der Waals surface area contributed by atoms with Gasteiger partial charge in [0.2, 0.25) is 0 Å². The first kappa shape index (κ1) is 18.4. The third kappa shape index (κ3) is 3.76. The zero-order valence-electron chi connectivity index (χ0n) is 15.5. The highest BCUT2D eigenvalue weighted by atomic mass is 16.2. The van der Waals surface area contributed by atoms with Crippen LogP contribution in [0.1, 0.15) is 12.7 Å². The lowest BCUT2D eigenvalue weighted by atomic mass is 10.2. The number of aryl methyl sites for hydroxylation is 1. The maximum atomic E-state index is 12.5. The Hall–Kier alpha value is -3.36. The van der Waals surface area contributed by atoms with E-state index in [-0.39, 0.29) is 24.5 Å². The Bertz CT molecular complexity index is 877. The van der Waals surface area contributed by atoms with Crippen LogP contribution in [0.3, 0.4) is 0 Å². The summed E-state index contributed by atoms with van der Waals surface area (Å²) in [4.78, 5) is 44.9. The van der Waals surface area contributed by atoms with Gasteiger partial charge in [0.1, 0.15) is 12.4 Å². The van der Waals surface area contributed by atoms with Gasteiger partial charge in [0.15, 0.2) is 0 Å². The molecule has 1 aromatic carbocycles. The summed E-state index contributed by atoms with van der Waals surface area (Å²) in [6.07, 6.45) is 3.57. The number of anilines is 2. The molecule has 1 aliphatic heterocycles. The fourth-order valence-corrected chi connectivity index (χ4v) is 2.88. The van der Waals surface area contributed by atoms with Crippen LogP contribution in [-0.4, -0.2) is 58.0 Å². The number of carbonyl (C=O) groups is 3. The third-order valence-corrected chi connectivity index (χ3v) is 4.36. The first-order chi connectivity index (χ1) is 12.9. The van der Waals surface area contributed by atoms with Crippen LogP contribution in [0.15, 0.2) is 36.7 Å². The van der Waals surface area contributed by atoms with Crippen molar-refractivity contribution in [3.05, 3.63) is 42.5 Å². The number of hydrogen-bond donors (Lipinski definition) is 1. The van der Waals surface area contributed by atoms with E-state index < -0.39 is 0 Å². The maximum Gasteiger partial charge on any atom is 0.331 e. The Kier molecular flexibility index (Phi) is 5.11. The molecule has 0 aliphatic carbocycles. The van der Waals surface area contributed by atoms with E-state index in [1.165, 1.54) is 9.80 Å². The van der Waals surface area contributed by atoms with Crippen molar-refractivity contribution in [1.82, 2.24) is 19.4 Å². The molecule has 1 aromatic heterocycles. The van der Waals surface area contributed by atoms with Gasteiger partial charge in [0.25, 0.3) is 5.91 Å². The number of carbonyl (C=O) groups excluding carboxylic acids is 3. The molecule has 0 atom stereocenters. The predicted octanol–water partition coefficient (Wildman–Crippen LogP) is 1.97. The Labute approximate surface area is 157 Å². The number of hydrogen-bond acceptors (Lipinski definition) is 4. The van der Waals surface area contributed by atoms with Gasteiger partial charge in [-0.25, -0.2) is 19.5 Å². The molecule has 2 aromatic rings. The molecule has 9 heteroatoms. The van der Waals surface area contributed by atoms with Crippen molar-refractivity contribution in [3.63, 3.8) is 0 Å². The molecule has 0 radical (unpaired) electrons. The lowest BCUT2D eigenvalue weighted by molar-refractivity contribution is -0.116. The summed E-state index contributed by atoms with van der Waals surface area (Å²) in [5.41, 5.74) is 0.926. The normalized spacial score (nSPS) is 14.0. The first-order valence-corrected chi connectivity index (χ1v) is 8.61. The summed E-state index contributed by atoms with van der Waals surface area (Å²) in [6.45, 7) is 3.19. The molecule has 1 N–H and O–H groups in total. The summed E-state index contributed by atoms with van der Waals surface area (Å²) in [5, 5.41) is 2.78. The maximum absolute atomic E-state index is 12.5. The largest absolute Gasteiger partial charge is 0.334 e. The van der Waals surface area contributed by atoms with Crippen LogP contribution in [0.25, 0.3) is 0 Å². The van der Waals surface area contributed by atoms with Crippen LogP contribution in [0.5, 0.6) is 0 Å². The minimum absolute atomic E-state index is 0.0439. The smallest absolute Gasteiger partial charge is 0.331 e. The second-order valence-corrected chi connectivity index (χ2v) is 6.33. The zero-order chi connectivity index (χ0) is 19.6. The molecule has 5 amide bonds. The lowest BCUT2D eigenvalue weighted by Gasteiger charge is -2.19. The Morgan fingerprint density at radius 3 is 2.78 bits per heavy atom. The van der Waals surface area contributed by atoms with Gasteiger partial charge < -0.3 is 19.7 Å². The molecule has 0 bridgehead atoms. The molecule has 142 valence electrons. The highest BCUT2D eigenvalue weighted by Gasteiger charge is 2.34. The SMILES string of the molecule is CCn1ccnc1CN(C)C(=O)Nc1cccc(N2C(=O)CN(C)C2=O)c1. The number of imidazole rings is 1. The standard InChI is InChI=1S/C18H22N6O3/c1-4-23-9-8-19-15(23)11-21(2)17(26)20-13-6-5-7-14(10-13)24-16(25)12-22(3)18(24)27/h5-10H,4,11-12H2,1-3H3,(H,20,26). The molecular weight excluding hydrogens is 348 g/mol. The van der Waals surface area contributed by atoms with Crippen molar-refractivity contribution in [2.24, 2.45) is 0 Å². The fraction of sp³-hybridized carbons (Fsp3) is 0.333. The highest BCUT2D eigenvalue weighted by molar-refractivity contribution is 6.19. The van der Waals surface area contributed by atoms with Crippen LogP contribution in [-0.2, 0) is 17.9 Å². The number of imide groups is 1. The van der Waals surface area contributed by atoms with E-state index >= 15 is 0 Å². The zero-order valence-corrected chi connectivity index (χ0v) is 15.5. The lowest BCUT2D eigenvalue weighted by Crippen LogP contribution is -2.33. The topological polar surface area (TPSA) is 90.8 Å². The van der Waals surface area contributed by atoms with Crippen LogP contribution in [0.4, 0.5) is 21.0 Å². The van der Waals surface area contributed by atoms with Gasteiger partial charge >= 0.3 is 12.1 Å². The minimum Gasteiger partial charge on any atom is -0.334 e. The number of urea groups is 2. The van der Waals surface area contributed by atoms with E-state index in [1.807, 2.05) is 17.7 Å². The number of amides is 5. The van der Waals surface area contributed by atoms with Gasteiger partial charge in [-0.05, 0) is 25.1 Å². The van der Waals surface area contributed by atoms with E-state index in [1.54, 1.807) is 44.6 Å². The van der Waals surface area contributed by atoms with Crippen molar-refractivity contribution in [2.45, 2.75) is 20.0 Å². The van der Waals surface area contributed by atoms with Crippen LogP contribution >= 0.6 is 0 Å². The second kappa shape index (κ2) is 7.48. The average Bonchev–Trinajstić information content (AvgIpc) is 3.18. The Morgan fingerprint density at radius 2 is 2.11 bits per heavy atom. The molecule has 9 nitrogen and oxygen atoms in total. The number of likely N-dealkylation sites (N-methyl/N-ethyl adjacent to an activating group) is 1. The van der Waals surface area contributed by atoms with E-state index in [0.717, 1.165) is 17.3 Å². The highest BCUT2D eigenvalue weighted by Crippen LogP contribution is 2.24. The van der Waals surface area contributed by atoms with Gasteiger partial charge in [-0.2, -0.15) is 0 Å². The summed E-state index contributed by atoms with van der Waals surface area (Å²) < 4.78 is 1.96. The van der Waals surface area contributed by atoms with Crippen molar-refractivity contribution in [1.29, 1.82) is 0 Å². The monoisotopic (exact) mass is 370 g/mol. The van der Waals surface area contributed by atoms with Gasteiger partial charge in [0, 0.05) is 38.7 Å². The third-order valence-electron chi connectivity index (χ3n) is 4.36. The van der Waals surface area contributed by atoms with Crippen LogP contribution in [0, 0.1) is 0 Å². The van der Waals surface area contributed by atoms with Crippen molar-refractivity contribution in [2.75, 3.05) is 30.9 Å². The van der Waals surface area contributed by atoms with Gasteiger partial charge in [-0.1, -0.05) is 6.07 Å². The van der Waals surface area contributed by atoms with Gasteiger partial charge in [-0.15, -0.1) is 0 Å². The molecule has 1 saturated heterocycles. The fourth-order valence-electron chi connectivity index (χ4n) is 2.88. The van der Waals surface area contributed by atoms with Crippen molar-refractivity contribution < 1.29 is 14.4 Å². The number of aromatic nitrogens is 2. The van der Waals surface area contributed by atoms with Crippen LogP contribution < -0.4 is 10.2 Å². The summed E-state index contributed by atoms with van der Waals surface area (Å²) in [6, 6.07) is 5.96. The number of benzene rings is 1. The molecule has 1 aliphatic rings. The number of nitrogens with one attached hydrogen (secondary N) is 1. The van der Waals surface area contributed by atoms with Crippen molar-refractivity contribution in [3.8, 4) is 0 Å². The molecule has 27 heavy (non-hydrogen) atoms. The average molecular weight is 370 g/mol. The van der Waals surface area contributed by atoms with Crippen LogP contribution in [0.2, 0.25) is 0 Å². The van der Waals surface area contributed by atoms with E-state index in [2.05, 4.69) is 10.3 Å². The summed E-state index contributed by atoms with van der Waals surface area (Å²) in [7, 11) is 3.25. The number of rotatable bonds is 5. The van der Waals surface area contributed by atoms with Crippen molar-refractivity contribution >= 4 is 29.3 Å². The molecule has 1 fully saturated rings. The molecular formula is C18H22N6O3. The molecule has 0 saturated carbocycles. The Balaban J connectivity index is 1.70. The minimum atomic E-state index is -0.382. The second-order valence-electron chi connectivity index (χ2n) is 6.33. The quantitative estimate of drug-likeness (QED) is 0.815. The van der Waals surface area contributed by atoms with Gasteiger partial charge in [-0.3, -0.25) is 4.79 Å². The summed E-state index contributed by atoms with van der Waals surface area (Å²) >= 11 is 0. The molecule has 0 unspecified atom stereocenters. The van der Waals surface area contributed by atoms with E-state index in [0.29, 0.717) is 17.9 Å². The predicted molar refractivity (Wildman–Crippen MR) is 100 cm³/mol. The van der Waals surface area contributed by atoms with E-state index in [4.69, 9.17) is 0 Å². The van der Waals surface area contributed by atoms with Gasteiger partial charge in [0.05, 0.1) is 12.2 Å². The first-order valence-electron chi connectivity index (χ1n) is 8.61. The van der Waals surface area contributed by atoms with E-state index in [9.17, 15) is 14.4 Å². The molecule has 2 heterocycles. The summed E-state index contributed by atoms with van der Waals surface area (Å²) in [5.74, 6) is 0.495. The molecule has 0 spiro atoms.